The number of carbonyl (C=O) groups is 1. The van der Waals surface area contributed by atoms with Crippen LogP contribution in [0.1, 0.15) is 39.8 Å². The molecule has 35 heavy (non-hydrogen) atoms. The van der Waals surface area contributed by atoms with Gasteiger partial charge >= 0.3 is 5.69 Å². The summed E-state index contributed by atoms with van der Waals surface area (Å²) in [5.41, 5.74) is -0.451. The van der Waals surface area contributed by atoms with Gasteiger partial charge < -0.3 is 15.0 Å². The van der Waals surface area contributed by atoms with E-state index in [0.29, 0.717) is 5.57 Å². The van der Waals surface area contributed by atoms with Gasteiger partial charge in [0.05, 0.1) is 15.7 Å². The van der Waals surface area contributed by atoms with Crippen molar-refractivity contribution >= 4 is 29.1 Å². The molecule has 2 N–H and O–H groups in total. The number of hydrogen-bond acceptors (Lipinski definition) is 6. The predicted octanol–water partition coefficient (Wildman–Crippen LogP) is 3.93. The van der Waals surface area contributed by atoms with E-state index in [4.69, 9.17) is 27.9 Å². The van der Waals surface area contributed by atoms with Crippen LogP contribution in [0.3, 0.4) is 0 Å². The summed E-state index contributed by atoms with van der Waals surface area (Å²) in [5, 5.41) is 6.87. The molecular formula is C24H33Cl2N5O4. The quantitative estimate of drug-likeness (QED) is 0.307. The van der Waals surface area contributed by atoms with Crippen molar-refractivity contribution in [3.63, 3.8) is 0 Å². The molecule has 0 saturated heterocycles. The van der Waals surface area contributed by atoms with Gasteiger partial charge in [0.2, 0.25) is 5.91 Å². The van der Waals surface area contributed by atoms with Crippen LogP contribution in [0.4, 0.5) is 0 Å². The van der Waals surface area contributed by atoms with E-state index in [0.717, 1.165) is 4.68 Å². The minimum Gasteiger partial charge on any atom is -0.455 e. The van der Waals surface area contributed by atoms with Crippen molar-refractivity contribution in [2.45, 2.75) is 40.7 Å². The fourth-order valence-electron chi connectivity index (χ4n) is 2.75. The predicted molar refractivity (Wildman–Crippen MR) is 141 cm³/mol. The van der Waals surface area contributed by atoms with Gasteiger partial charge in [-0.2, -0.15) is 9.78 Å². The average molecular weight is 526 g/mol. The Morgan fingerprint density at radius 1 is 1.26 bits per heavy atom. The molecule has 9 nitrogen and oxygen atoms in total. The van der Waals surface area contributed by atoms with Gasteiger partial charge in [-0.05, 0) is 38.2 Å². The lowest BCUT2D eigenvalue weighted by Gasteiger charge is -2.15. The van der Waals surface area contributed by atoms with E-state index >= 15 is 0 Å². The number of ether oxygens (including phenoxy) is 1. The van der Waals surface area contributed by atoms with Crippen LogP contribution < -0.4 is 21.3 Å². The van der Waals surface area contributed by atoms with Crippen molar-refractivity contribution in [1.82, 2.24) is 25.0 Å². The summed E-state index contributed by atoms with van der Waals surface area (Å²) in [6.07, 6.45) is 2.76. The first-order valence-corrected chi connectivity index (χ1v) is 11.8. The number of aromatic amines is 1. The smallest absolute Gasteiger partial charge is 0.349 e. The number of carbonyl (C=O) groups excluding carboxylic acids is 1. The second kappa shape index (κ2) is 13.9. The van der Waals surface area contributed by atoms with Crippen molar-refractivity contribution in [1.29, 1.82) is 0 Å². The molecule has 2 aromatic rings. The number of aromatic nitrogens is 3. The molecule has 192 valence electrons. The first kappa shape index (κ1) is 30.2. The summed E-state index contributed by atoms with van der Waals surface area (Å²) in [6, 6.07) is 2.85. The Balaban J connectivity index is 0.00000194. The van der Waals surface area contributed by atoms with Crippen LogP contribution in [0.5, 0.6) is 5.75 Å². The largest absolute Gasteiger partial charge is 0.455 e. The summed E-state index contributed by atoms with van der Waals surface area (Å²) in [4.78, 5) is 40.3. The average Bonchev–Trinajstić information content (AvgIpc) is 2.76. The highest BCUT2D eigenvalue weighted by Gasteiger charge is 2.17. The molecule has 11 heteroatoms. The van der Waals surface area contributed by atoms with Crippen molar-refractivity contribution < 1.29 is 9.53 Å². The first-order chi connectivity index (χ1) is 16.4. The normalized spacial score (nSPS) is 11.2. The lowest BCUT2D eigenvalue weighted by molar-refractivity contribution is -0.117. The molecule has 0 bridgehead atoms. The molecule has 1 aromatic heterocycles. The van der Waals surface area contributed by atoms with Gasteiger partial charge in [-0.1, -0.05) is 63.9 Å². The van der Waals surface area contributed by atoms with Gasteiger partial charge in [-0.25, -0.2) is 4.79 Å². The zero-order valence-corrected chi connectivity index (χ0v) is 22.7. The molecule has 0 unspecified atom stereocenters. The number of halogens is 2. The minimum absolute atomic E-state index is 0.0711. The highest BCUT2D eigenvalue weighted by atomic mass is 35.5. The van der Waals surface area contributed by atoms with Crippen LogP contribution in [0, 0.1) is 5.92 Å². The fraction of sp³-hybridized carbons (Fsp3) is 0.417. The second-order valence-electron chi connectivity index (χ2n) is 8.20. The number of nitrogens with zero attached hydrogens (tertiary/aromatic N) is 3. The van der Waals surface area contributed by atoms with Crippen LogP contribution in [0.15, 0.2) is 45.7 Å². The summed E-state index contributed by atoms with van der Waals surface area (Å²) in [7, 11) is 5.07. The zero-order chi connectivity index (χ0) is 26.9. The summed E-state index contributed by atoms with van der Waals surface area (Å²) in [5.74, 6) is -0.0710. The van der Waals surface area contributed by atoms with Crippen LogP contribution in [0.25, 0.3) is 5.69 Å². The maximum absolute atomic E-state index is 12.3. The lowest BCUT2D eigenvalue weighted by Crippen LogP contribution is -2.35. The standard InChI is InChI=1S/C21H25Cl2N5O4.C3H8/c1-11(2)14(19(29)24-4)7-12(3)32-18-15(22)8-13(9-16(18)23)28-21(31)25-20(30)17(26-28)10-27(5)6;1-3-2/h7-9,11H,3,10H2,1-2,4-6H3,(H,24,29)(H,25,30,31);3H2,1-2H3/b14-7-;. The molecule has 0 aliphatic heterocycles. The van der Waals surface area contributed by atoms with Crippen LogP contribution in [0.2, 0.25) is 10.0 Å². The highest BCUT2D eigenvalue weighted by molar-refractivity contribution is 6.37. The molecule has 0 fully saturated rings. The van der Waals surface area contributed by atoms with Crippen LogP contribution >= 0.6 is 23.2 Å². The maximum atomic E-state index is 12.3. The van der Waals surface area contributed by atoms with E-state index in [9.17, 15) is 14.4 Å². The Labute approximate surface area is 215 Å². The summed E-state index contributed by atoms with van der Waals surface area (Å²) in [6.45, 7) is 12.0. The van der Waals surface area contributed by atoms with E-state index in [1.807, 2.05) is 13.8 Å². The monoisotopic (exact) mass is 525 g/mol. The SMILES string of the molecule is C=C(/C=C(\C(=O)NC)C(C)C)Oc1c(Cl)cc(-n2nc(CN(C)C)c(=O)[nH]c2=O)cc1Cl.CCC. The molecule has 0 aliphatic rings. The number of likely N-dealkylation sites (N-methyl/N-ethyl adjacent to an activating group) is 1. The summed E-state index contributed by atoms with van der Waals surface area (Å²) >= 11 is 12.7. The van der Waals surface area contributed by atoms with Gasteiger partial charge in [-0.15, -0.1) is 0 Å². The number of rotatable bonds is 8. The molecular weight excluding hydrogens is 493 g/mol. The zero-order valence-electron chi connectivity index (χ0n) is 21.2. The van der Waals surface area contributed by atoms with Crippen molar-refractivity contribution in [3.05, 3.63) is 72.7 Å². The molecule has 0 atom stereocenters. The molecule has 1 amide bonds. The molecule has 0 saturated carbocycles. The van der Waals surface area contributed by atoms with Crippen molar-refractivity contribution in [2.75, 3.05) is 21.1 Å². The van der Waals surface area contributed by atoms with Gasteiger partial charge in [0, 0.05) is 19.2 Å². The van der Waals surface area contributed by atoms with Crippen LogP contribution in [-0.4, -0.2) is 46.7 Å². The molecule has 0 spiro atoms. The van der Waals surface area contributed by atoms with Crippen molar-refractivity contribution in [3.8, 4) is 11.4 Å². The Hall–Kier alpha value is -2.88. The molecule has 0 aliphatic carbocycles. The Morgan fingerprint density at radius 2 is 1.80 bits per heavy atom. The van der Waals surface area contributed by atoms with E-state index in [2.05, 4.69) is 35.8 Å². The van der Waals surface area contributed by atoms with Gasteiger partial charge in [0.15, 0.2) is 5.75 Å². The topological polar surface area (TPSA) is 109 Å². The number of nitrogens with one attached hydrogen (secondary N) is 2. The Morgan fingerprint density at radius 3 is 2.26 bits per heavy atom. The third-order valence-corrected chi connectivity index (χ3v) is 4.81. The number of H-pyrrole nitrogens is 1. The first-order valence-electron chi connectivity index (χ1n) is 11.0. The number of amides is 1. The van der Waals surface area contributed by atoms with Gasteiger partial charge in [0.25, 0.3) is 5.56 Å². The Kier molecular flexibility index (Phi) is 11.9. The van der Waals surface area contributed by atoms with E-state index in [1.54, 1.807) is 19.0 Å². The molecule has 2 rings (SSSR count). The summed E-state index contributed by atoms with van der Waals surface area (Å²) < 4.78 is 6.68. The highest BCUT2D eigenvalue weighted by Crippen LogP contribution is 2.36. The number of allylic oxidation sites excluding steroid dienone is 1. The van der Waals surface area contributed by atoms with E-state index in [1.165, 1.54) is 31.7 Å². The minimum atomic E-state index is -0.738. The van der Waals surface area contributed by atoms with Crippen LogP contribution in [-0.2, 0) is 11.3 Å². The molecule has 1 aromatic carbocycles. The third kappa shape index (κ3) is 8.69. The lowest BCUT2D eigenvalue weighted by atomic mass is 10.0. The van der Waals surface area contributed by atoms with E-state index in [-0.39, 0.29) is 51.3 Å². The van der Waals surface area contributed by atoms with Gasteiger partial charge in [-0.3, -0.25) is 14.6 Å². The second-order valence-corrected chi connectivity index (χ2v) is 9.02. The number of benzene rings is 1. The van der Waals surface area contributed by atoms with E-state index < -0.39 is 11.2 Å². The molecule has 0 radical (unpaired) electrons. The Bertz CT molecular complexity index is 1180. The van der Waals surface area contributed by atoms with Gasteiger partial charge in [0.1, 0.15) is 11.5 Å². The maximum Gasteiger partial charge on any atom is 0.349 e. The number of hydrogen-bond donors (Lipinski definition) is 2. The molecule has 1 heterocycles. The van der Waals surface area contributed by atoms with Crippen molar-refractivity contribution in [2.24, 2.45) is 5.92 Å². The third-order valence-electron chi connectivity index (χ3n) is 4.25. The fourth-order valence-corrected chi connectivity index (χ4v) is 3.30.